The lowest BCUT2D eigenvalue weighted by Gasteiger charge is -2.43. The fraction of sp³-hybridized carbons (Fsp3) is 0.654. The highest BCUT2D eigenvalue weighted by molar-refractivity contribution is 5.92. The van der Waals surface area contributed by atoms with Crippen LogP contribution in [-0.2, 0) is 14.3 Å². The molecular formula is C26H43N3O4. The quantitative estimate of drug-likeness (QED) is 0.544. The minimum atomic E-state index is -0.880. The zero-order valence-electron chi connectivity index (χ0n) is 22.1. The van der Waals surface area contributed by atoms with E-state index in [0.717, 1.165) is 29.5 Å². The number of nitrogens with zero attached hydrogens (tertiary/aromatic N) is 1. The van der Waals surface area contributed by atoms with Gasteiger partial charge in [-0.3, -0.25) is 9.59 Å². The summed E-state index contributed by atoms with van der Waals surface area (Å²) in [4.78, 5) is 41.1. The van der Waals surface area contributed by atoms with E-state index in [2.05, 4.69) is 17.6 Å². The largest absolute Gasteiger partial charge is 0.444 e. The van der Waals surface area contributed by atoms with Crippen LogP contribution in [0.3, 0.4) is 0 Å². The molecule has 1 aromatic carbocycles. The van der Waals surface area contributed by atoms with Crippen LogP contribution >= 0.6 is 0 Å². The Morgan fingerprint density at radius 2 is 1.67 bits per heavy atom. The maximum absolute atomic E-state index is 13.7. The fourth-order valence-electron chi connectivity index (χ4n) is 3.55. The van der Waals surface area contributed by atoms with Crippen molar-refractivity contribution >= 4 is 17.9 Å². The van der Waals surface area contributed by atoms with Gasteiger partial charge in [-0.15, -0.1) is 0 Å². The third-order valence-corrected chi connectivity index (χ3v) is 5.34. The highest BCUT2D eigenvalue weighted by Crippen LogP contribution is 2.32. The smallest absolute Gasteiger partial charge is 0.408 e. The summed E-state index contributed by atoms with van der Waals surface area (Å²) in [5, 5.41) is 5.63. The first-order chi connectivity index (χ1) is 15.1. The number of benzene rings is 1. The number of carbonyl (C=O) groups excluding carboxylic acids is 3. The molecular weight excluding hydrogens is 418 g/mol. The number of carbonyl (C=O) groups is 3. The zero-order valence-corrected chi connectivity index (χ0v) is 22.1. The molecule has 2 unspecified atom stereocenters. The van der Waals surface area contributed by atoms with E-state index in [-0.39, 0.29) is 11.8 Å². The molecule has 2 atom stereocenters. The Kier molecular flexibility index (Phi) is 9.94. The summed E-state index contributed by atoms with van der Waals surface area (Å²) >= 11 is 0. The number of rotatable bonds is 8. The van der Waals surface area contributed by atoms with E-state index in [1.807, 2.05) is 52.8 Å². The molecule has 3 amide bonds. The second-order valence-electron chi connectivity index (χ2n) is 10.6. The first-order valence-corrected chi connectivity index (χ1v) is 11.8. The van der Waals surface area contributed by atoms with Crippen LogP contribution in [0.2, 0.25) is 0 Å². The zero-order chi connectivity index (χ0) is 25.6. The van der Waals surface area contributed by atoms with Gasteiger partial charge < -0.3 is 20.3 Å². The van der Waals surface area contributed by atoms with Gasteiger partial charge in [0.2, 0.25) is 11.8 Å². The summed E-state index contributed by atoms with van der Waals surface area (Å²) in [5.74, 6) is -0.588. The number of ether oxygens (including phenoxy) is 1. The van der Waals surface area contributed by atoms with Crippen molar-refractivity contribution < 1.29 is 19.1 Å². The van der Waals surface area contributed by atoms with Crippen molar-refractivity contribution in [1.29, 1.82) is 0 Å². The molecule has 0 fully saturated rings. The van der Waals surface area contributed by atoms with Crippen LogP contribution in [0.15, 0.2) is 18.2 Å². The maximum atomic E-state index is 13.7. The van der Waals surface area contributed by atoms with Gasteiger partial charge in [0, 0.05) is 12.1 Å². The second kappa shape index (κ2) is 11.5. The molecule has 1 rings (SSSR count). The van der Waals surface area contributed by atoms with Gasteiger partial charge in [-0.2, -0.15) is 0 Å². The van der Waals surface area contributed by atoms with Gasteiger partial charge in [-0.25, -0.2) is 4.79 Å². The Bertz CT molecular complexity index is 837. The molecule has 0 bridgehead atoms. The lowest BCUT2D eigenvalue weighted by atomic mass is 9.91. The van der Waals surface area contributed by atoms with Gasteiger partial charge in [0.1, 0.15) is 17.7 Å². The van der Waals surface area contributed by atoms with Crippen molar-refractivity contribution in [2.45, 2.75) is 105 Å². The van der Waals surface area contributed by atoms with Crippen LogP contribution in [-0.4, -0.2) is 46.5 Å². The Balaban J connectivity index is 3.43. The Hall–Kier alpha value is -2.57. The minimum absolute atomic E-state index is 0.232. The second-order valence-corrected chi connectivity index (χ2v) is 10.6. The monoisotopic (exact) mass is 461 g/mol. The van der Waals surface area contributed by atoms with Crippen LogP contribution < -0.4 is 10.6 Å². The molecule has 33 heavy (non-hydrogen) atoms. The van der Waals surface area contributed by atoms with Gasteiger partial charge >= 0.3 is 6.09 Å². The summed E-state index contributed by atoms with van der Waals surface area (Å²) in [6.07, 6.45) is 1.13. The molecule has 0 saturated heterocycles. The van der Waals surface area contributed by atoms with Crippen molar-refractivity contribution in [2.75, 3.05) is 6.54 Å². The van der Waals surface area contributed by atoms with Crippen molar-refractivity contribution in [3.63, 3.8) is 0 Å². The molecule has 0 saturated carbocycles. The van der Waals surface area contributed by atoms with Gasteiger partial charge in [-0.05, 0) is 85.4 Å². The number of nitrogens with one attached hydrogen (secondary N) is 2. The topological polar surface area (TPSA) is 87.7 Å². The Morgan fingerprint density at radius 1 is 1.06 bits per heavy atom. The van der Waals surface area contributed by atoms with E-state index < -0.39 is 29.3 Å². The van der Waals surface area contributed by atoms with E-state index in [1.165, 1.54) is 0 Å². The third kappa shape index (κ3) is 8.37. The molecule has 2 N–H and O–H groups in total. The van der Waals surface area contributed by atoms with Crippen LogP contribution in [0.5, 0.6) is 0 Å². The number of aryl methyl sites for hydroxylation is 1. The predicted molar refractivity (Wildman–Crippen MR) is 132 cm³/mol. The predicted octanol–water partition coefficient (Wildman–Crippen LogP) is 4.80. The molecule has 7 nitrogen and oxygen atoms in total. The SMILES string of the molecule is CCCCNC(=O)C(c1cccc(C)c1C)N(C(=O)C(C)NC(=O)OC(C)(C)C)C(C)(C)C. The Morgan fingerprint density at radius 3 is 2.18 bits per heavy atom. The van der Waals surface area contributed by atoms with Crippen LogP contribution in [0.25, 0.3) is 0 Å². The van der Waals surface area contributed by atoms with Crippen LogP contribution in [0.1, 0.15) is 91.0 Å². The molecule has 0 heterocycles. The Labute approximate surface area is 199 Å². The third-order valence-electron chi connectivity index (χ3n) is 5.34. The van der Waals surface area contributed by atoms with E-state index in [0.29, 0.717) is 6.54 Å². The molecule has 0 aliphatic carbocycles. The summed E-state index contributed by atoms with van der Waals surface area (Å²) in [7, 11) is 0. The van der Waals surface area contributed by atoms with Crippen LogP contribution in [0, 0.1) is 13.8 Å². The molecule has 0 radical (unpaired) electrons. The van der Waals surface area contributed by atoms with E-state index >= 15 is 0 Å². The van der Waals surface area contributed by atoms with Gasteiger partial charge in [0.25, 0.3) is 0 Å². The summed E-state index contributed by atoms with van der Waals surface area (Å²) in [6.45, 7) is 19.1. The number of hydrogen-bond donors (Lipinski definition) is 2. The van der Waals surface area contributed by atoms with Crippen molar-refractivity contribution in [3.05, 3.63) is 34.9 Å². The van der Waals surface area contributed by atoms with Gasteiger partial charge in [-0.1, -0.05) is 31.5 Å². The number of amides is 3. The minimum Gasteiger partial charge on any atom is -0.444 e. The molecule has 1 aromatic rings. The average Bonchev–Trinajstić information content (AvgIpc) is 2.65. The lowest BCUT2D eigenvalue weighted by molar-refractivity contribution is -0.148. The molecule has 0 aliphatic rings. The highest BCUT2D eigenvalue weighted by Gasteiger charge is 2.41. The summed E-state index contributed by atoms with van der Waals surface area (Å²) in [5.41, 5.74) is 1.40. The first kappa shape index (κ1) is 28.5. The summed E-state index contributed by atoms with van der Waals surface area (Å²) < 4.78 is 5.32. The standard InChI is InChI=1S/C26H43N3O4/c1-11-12-16-27-22(30)21(20-15-13-14-17(2)18(20)3)29(25(5,6)7)23(31)19(4)28-24(32)33-26(8,9)10/h13-15,19,21H,11-12,16H2,1-10H3,(H,27,30)(H,28,32). The van der Waals surface area contributed by atoms with Crippen molar-refractivity contribution in [2.24, 2.45) is 0 Å². The average molecular weight is 462 g/mol. The lowest BCUT2D eigenvalue weighted by Crippen LogP contribution is -2.58. The normalized spacial score (nSPS) is 13.6. The fourth-order valence-corrected chi connectivity index (χ4v) is 3.55. The molecule has 0 aliphatic heterocycles. The molecule has 0 aromatic heterocycles. The first-order valence-electron chi connectivity index (χ1n) is 11.8. The molecule has 7 heteroatoms. The number of hydrogen-bond acceptors (Lipinski definition) is 4. The van der Waals surface area contributed by atoms with E-state index in [1.54, 1.807) is 32.6 Å². The highest BCUT2D eigenvalue weighted by atomic mass is 16.6. The van der Waals surface area contributed by atoms with E-state index in [4.69, 9.17) is 4.74 Å². The maximum Gasteiger partial charge on any atom is 0.408 e. The molecule has 0 spiro atoms. The van der Waals surface area contributed by atoms with Gasteiger partial charge in [0.15, 0.2) is 0 Å². The summed E-state index contributed by atoms with van der Waals surface area (Å²) in [6, 6.07) is 4.07. The van der Waals surface area contributed by atoms with E-state index in [9.17, 15) is 14.4 Å². The van der Waals surface area contributed by atoms with Gasteiger partial charge in [0.05, 0.1) is 0 Å². The van der Waals surface area contributed by atoms with Crippen molar-refractivity contribution in [3.8, 4) is 0 Å². The number of alkyl carbamates (subject to hydrolysis) is 1. The van der Waals surface area contributed by atoms with Crippen LogP contribution in [0.4, 0.5) is 4.79 Å². The molecule has 186 valence electrons. The number of unbranched alkanes of at least 4 members (excludes halogenated alkanes) is 1. The van der Waals surface area contributed by atoms with Crippen molar-refractivity contribution in [1.82, 2.24) is 15.5 Å².